The van der Waals surface area contributed by atoms with Crippen LogP contribution in [0.3, 0.4) is 0 Å². The maximum atomic E-state index is 12.9. The summed E-state index contributed by atoms with van der Waals surface area (Å²) in [5.41, 5.74) is 1.91. The zero-order valence-corrected chi connectivity index (χ0v) is 17.9. The number of hydrogen-bond acceptors (Lipinski definition) is 6. The first-order chi connectivity index (χ1) is 15.1. The Morgan fingerprint density at radius 2 is 2.06 bits per heavy atom. The zero-order chi connectivity index (χ0) is 21.4. The Bertz CT molecular complexity index is 1140. The molecule has 3 aromatic rings. The van der Waals surface area contributed by atoms with E-state index in [0.717, 1.165) is 0 Å². The van der Waals surface area contributed by atoms with Crippen molar-refractivity contribution in [1.82, 2.24) is 9.78 Å². The van der Waals surface area contributed by atoms with Crippen molar-refractivity contribution in [3.05, 3.63) is 52.3 Å². The number of hydrogen-bond donors (Lipinski definition) is 1. The Morgan fingerprint density at radius 1 is 1.23 bits per heavy atom. The largest absolute Gasteiger partial charge is 0.486 e. The summed E-state index contributed by atoms with van der Waals surface area (Å²) in [6, 6.07) is 9.26. The van der Waals surface area contributed by atoms with Crippen LogP contribution in [0.1, 0.15) is 16.9 Å². The van der Waals surface area contributed by atoms with Crippen LogP contribution in [0.15, 0.2) is 41.9 Å². The summed E-state index contributed by atoms with van der Waals surface area (Å²) in [6.07, 6.45) is 1.83. The molecule has 0 aliphatic carbocycles. The van der Waals surface area contributed by atoms with Crippen molar-refractivity contribution in [1.29, 1.82) is 0 Å². The van der Waals surface area contributed by atoms with Crippen LogP contribution in [0.4, 0.5) is 11.5 Å². The van der Waals surface area contributed by atoms with Gasteiger partial charge >= 0.3 is 0 Å². The molecule has 1 atom stereocenters. The number of nitrogens with zero attached hydrogens (tertiary/aromatic N) is 3. The predicted molar refractivity (Wildman–Crippen MR) is 117 cm³/mol. The summed E-state index contributed by atoms with van der Waals surface area (Å²) in [5.74, 6) is 1.22. The minimum atomic E-state index is -0.437. The number of aromatic nitrogens is 2. The van der Waals surface area contributed by atoms with Crippen molar-refractivity contribution in [3.8, 4) is 11.5 Å². The molecule has 1 fully saturated rings. The lowest BCUT2D eigenvalue weighted by atomic mass is 10.1. The number of carbonyl (C=O) groups is 2. The molecule has 9 heteroatoms. The Kier molecular flexibility index (Phi) is 5.11. The van der Waals surface area contributed by atoms with Gasteiger partial charge in [0, 0.05) is 35.7 Å². The van der Waals surface area contributed by atoms with Crippen LogP contribution in [0.2, 0.25) is 0 Å². The average Bonchev–Trinajstić information content (AvgIpc) is 3.49. The molecular formula is C22H22N4O4S. The Hall–Kier alpha value is -3.33. The van der Waals surface area contributed by atoms with Gasteiger partial charge in [0.05, 0.1) is 18.7 Å². The molecule has 31 heavy (non-hydrogen) atoms. The molecular weight excluding hydrogens is 416 g/mol. The predicted octanol–water partition coefficient (Wildman–Crippen LogP) is 3.06. The minimum absolute atomic E-state index is 0.0838. The number of aryl methyl sites for hydroxylation is 1. The second-order valence-corrected chi connectivity index (χ2v) is 8.62. The van der Waals surface area contributed by atoms with Crippen LogP contribution in [0, 0.1) is 12.8 Å². The fourth-order valence-corrected chi connectivity index (χ4v) is 4.72. The smallest absolute Gasteiger partial charge is 0.230 e. The molecule has 2 amide bonds. The molecule has 1 N–H and O–H groups in total. The molecule has 0 saturated carbocycles. The van der Waals surface area contributed by atoms with E-state index in [9.17, 15) is 9.59 Å². The highest BCUT2D eigenvalue weighted by Crippen LogP contribution is 2.36. The van der Waals surface area contributed by atoms with Gasteiger partial charge in [-0.2, -0.15) is 5.10 Å². The van der Waals surface area contributed by atoms with Gasteiger partial charge in [-0.15, -0.1) is 11.3 Å². The molecule has 0 unspecified atom stereocenters. The van der Waals surface area contributed by atoms with E-state index >= 15 is 0 Å². The highest BCUT2D eigenvalue weighted by atomic mass is 32.1. The molecule has 2 aliphatic rings. The van der Waals surface area contributed by atoms with Crippen molar-refractivity contribution in [2.45, 2.75) is 19.9 Å². The van der Waals surface area contributed by atoms with Gasteiger partial charge in [-0.05, 0) is 36.1 Å². The van der Waals surface area contributed by atoms with Gasteiger partial charge in [0.2, 0.25) is 11.8 Å². The summed E-state index contributed by atoms with van der Waals surface area (Å²) in [4.78, 5) is 28.4. The summed E-state index contributed by atoms with van der Waals surface area (Å²) >= 11 is 1.66. The van der Waals surface area contributed by atoms with Gasteiger partial charge in [-0.3, -0.25) is 9.59 Å². The average molecular weight is 439 g/mol. The van der Waals surface area contributed by atoms with Crippen LogP contribution in [-0.4, -0.2) is 41.4 Å². The maximum Gasteiger partial charge on any atom is 0.230 e. The highest BCUT2D eigenvalue weighted by Gasteiger charge is 2.36. The number of thiophene rings is 1. The van der Waals surface area contributed by atoms with Crippen LogP contribution in [0.25, 0.3) is 0 Å². The monoisotopic (exact) mass is 438 g/mol. The lowest BCUT2D eigenvalue weighted by molar-refractivity contribution is -0.122. The number of anilines is 2. The molecule has 5 rings (SSSR count). The topological polar surface area (TPSA) is 85.7 Å². The number of ether oxygens (including phenoxy) is 2. The molecule has 8 nitrogen and oxygen atoms in total. The lowest BCUT2D eigenvalue weighted by Gasteiger charge is -2.22. The molecule has 1 saturated heterocycles. The first kappa shape index (κ1) is 19.6. The summed E-state index contributed by atoms with van der Waals surface area (Å²) in [6.45, 7) is 3.97. The first-order valence-corrected chi connectivity index (χ1v) is 11.0. The van der Waals surface area contributed by atoms with E-state index in [4.69, 9.17) is 9.47 Å². The second kappa shape index (κ2) is 8.07. The van der Waals surface area contributed by atoms with Crippen molar-refractivity contribution >= 4 is 34.7 Å². The second-order valence-electron chi connectivity index (χ2n) is 7.62. The van der Waals surface area contributed by atoms with E-state index in [0.29, 0.717) is 49.3 Å². The number of carbonyl (C=O) groups excluding carboxylic acids is 2. The number of benzene rings is 1. The van der Waals surface area contributed by atoms with E-state index in [2.05, 4.69) is 23.4 Å². The Labute approximate surface area is 183 Å². The standard InChI is InChI=1S/C22H22N4O4S/c1-14-5-9-31-19(14)13-26-20(4-6-23-26)24-22(28)15-10-21(27)25(12-15)16-2-3-17-18(11-16)30-8-7-29-17/h2-6,9,11,15H,7-8,10,12-13H2,1H3,(H,24,28)/t15-/m1/s1. The molecule has 2 aliphatic heterocycles. The van der Waals surface area contributed by atoms with Crippen molar-refractivity contribution < 1.29 is 19.1 Å². The third kappa shape index (κ3) is 3.88. The summed E-state index contributed by atoms with van der Waals surface area (Å²) in [5, 5.41) is 9.33. The lowest BCUT2D eigenvalue weighted by Crippen LogP contribution is -2.29. The van der Waals surface area contributed by atoms with E-state index in [1.54, 1.807) is 45.3 Å². The van der Waals surface area contributed by atoms with Crippen LogP contribution in [0.5, 0.6) is 11.5 Å². The first-order valence-electron chi connectivity index (χ1n) is 10.1. The molecule has 0 spiro atoms. The van der Waals surface area contributed by atoms with Crippen LogP contribution < -0.4 is 19.7 Å². The van der Waals surface area contributed by atoms with Gasteiger partial charge in [0.15, 0.2) is 11.5 Å². The third-order valence-corrected chi connectivity index (χ3v) is 6.57. The number of fused-ring (bicyclic) bond motifs is 1. The van der Waals surface area contributed by atoms with Gasteiger partial charge in [-0.1, -0.05) is 0 Å². The number of rotatable bonds is 5. The number of nitrogens with one attached hydrogen (secondary N) is 1. The molecule has 0 radical (unpaired) electrons. The quantitative estimate of drug-likeness (QED) is 0.662. The van der Waals surface area contributed by atoms with Crippen LogP contribution in [-0.2, 0) is 16.1 Å². The molecule has 2 aromatic heterocycles. The molecule has 160 valence electrons. The molecule has 1 aromatic carbocycles. The van der Waals surface area contributed by atoms with E-state index in [1.807, 2.05) is 11.4 Å². The van der Waals surface area contributed by atoms with Crippen molar-refractivity contribution in [2.75, 3.05) is 30.0 Å². The van der Waals surface area contributed by atoms with E-state index < -0.39 is 5.92 Å². The Balaban J connectivity index is 1.27. The van der Waals surface area contributed by atoms with Crippen LogP contribution >= 0.6 is 11.3 Å². The summed E-state index contributed by atoms with van der Waals surface area (Å²) in [7, 11) is 0. The highest BCUT2D eigenvalue weighted by molar-refractivity contribution is 7.10. The molecule has 0 bridgehead atoms. The van der Waals surface area contributed by atoms with Gasteiger partial charge in [0.25, 0.3) is 0 Å². The van der Waals surface area contributed by atoms with Gasteiger partial charge < -0.3 is 19.7 Å². The van der Waals surface area contributed by atoms with Crippen molar-refractivity contribution in [2.24, 2.45) is 5.92 Å². The fraction of sp³-hybridized carbons (Fsp3) is 0.318. The Morgan fingerprint density at radius 3 is 2.87 bits per heavy atom. The fourth-order valence-electron chi connectivity index (χ4n) is 3.83. The van der Waals surface area contributed by atoms with E-state index in [-0.39, 0.29) is 18.2 Å². The maximum absolute atomic E-state index is 12.9. The molecule has 4 heterocycles. The third-order valence-electron chi connectivity index (χ3n) is 5.56. The number of amides is 2. The zero-order valence-electron chi connectivity index (χ0n) is 17.0. The minimum Gasteiger partial charge on any atom is -0.486 e. The SMILES string of the molecule is Cc1ccsc1Cn1nccc1NC(=O)[C@@H]1CC(=O)N(c2ccc3c(c2)OCCO3)C1. The van der Waals surface area contributed by atoms with Gasteiger partial charge in [-0.25, -0.2) is 4.68 Å². The summed E-state index contributed by atoms with van der Waals surface area (Å²) < 4.78 is 12.9. The van der Waals surface area contributed by atoms with Gasteiger partial charge in [0.1, 0.15) is 19.0 Å². The van der Waals surface area contributed by atoms with Crippen molar-refractivity contribution in [3.63, 3.8) is 0 Å². The van der Waals surface area contributed by atoms with E-state index in [1.165, 1.54) is 10.4 Å². The normalized spacial score (nSPS) is 17.8.